The van der Waals surface area contributed by atoms with Crippen molar-refractivity contribution in [1.29, 1.82) is 0 Å². The van der Waals surface area contributed by atoms with Gasteiger partial charge in [0.25, 0.3) is 0 Å². The standard InChI is InChI=1S/C12H15BrO2S/c1-4-15-10-5-9(12(14)8(2)13)6-11(7-10)16-3/h5-8H,4H2,1-3H3. The van der Waals surface area contributed by atoms with Crippen molar-refractivity contribution in [3.8, 4) is 5.75 Å². The first-order valence-corrected chi connectivity index (χ1v) is 7.22. The van der Waals surface area contributed by atoms with E-state index in [0.29, 0.717) is 12.2 Å². The molecule has 0 N–H and O–H groups in total. The van der Waals surface area contributed by atoms with Crippen LogP contribution in [0.1, 0.15) is 24.2 Å². The van der Waals surface area contributed by atoms with Gasteiger partial charge in [-0.25, -0.2) is 0 Å². The number of thioether (sulfide) groups is 1. The number of ketones is 1. The normalized spacial score (nSPS) is 12.2. The number of hydrogen-bond donors (Lipinski definition) is 0. The first kappa shape index (κ1) is 13.6. The fourth-order valence-corrected chi connectivity index (χ4v) is 2.05. The van der Waals surface area contributed by atoms with Crippen molar-refractivity contribution in [2.24, 2.45) is 0 Å². The second kappa shape index (κ2) is 6.30. The summed E-state index contributed by atoms with van der Waals surface area (Å²) in [5, 5.41) is 0. The van der Waals surface area contributed by atoms with Gasteiger partial charge in [0.15, 0.2) is 5.78 Å². The van der Waals surface area contributed by atoms with E-state index < -0.39 is 0 Å². The first-order chi connectivity index (χ1) is 7.58. The van der Waals surface area contributed by atoms with Crippen LogP contribution in [0.3, 0.4) is 0 Å². The van der Waals surface area contributed by atoms with Crippen LogP contribution in [0, 0.1) is 0 Å². The Bertz CT molecular complexity index is 377. The van der Waals surface area contributed by atoms with Crippen molar-refractivity contribution in [3.63, 3.8) is 0 Å². The van der Waals surface area contributed by atoms with Crippen molar-refractivity contribution in [2.75, 3.05) is 12.9 Å². The Hall–Kier alpha value is -0.480. The van der Waals surface area contributed by atoms with Crippen molar-refractivity contribution >= 4 is 33.5 Å². The molecule has 0 saturated heterocycles. The summed E-state index contributed by atoms with van der Waals surface area (Å²) in [6, 6.07) is 5.64. The lowest BCUT2D eigenvalue weighted by molar-refractivity contribution is 0.0995. The highest BCUT2D eigenvalue weighted by atomic mass is 79.9. The van der Waals surface area contributed by atoms with Gasteiger partial charge in [0.1, 0.15) is 5.75 Å². The molecule has 0 aliphatic rings. The van der Waals surface area contributed by atoms with Gasteiger partial charge >= 0.3 is 0 Å². The van der Waals surface area contributed by atoms with Gasteiger partial charge in [0.05, 0.1) is 11.4 Å². The van der Waals surface area contributed by atoms with Crippen LogP contribution < -0.4 is 4.74 Å². The summed E-state index contributed by atoms with van der Waals surface area (Å²) in [5.41, 5.74) is 0.694. The number of alkyl halides is 1. The van der Waals surface area contributed by atoms with Gasteiger partial charge in [0, 0.05) is 10.5 Å². The van der Waals surface area contributed by atoms with Crippen LogP contribution in [0.25, 0.3) is 0 Å². The average molecular weight is 303 g/mol. The smallest absolute Gasteiger partial charge is 0.176 e. The summed E-state index contributed by atoms with van der Waals surface area (Å²) in [6.45, 7) is 4.37. The molecule has 0 radical (unpaired) electrons. The largest absolute Gasteiger partial charge is 0.494 e. The zero-order valence-corrected chi connectivity index (χ0v) is 12.0. The minimum absolute atomic E-state index is 0.0804. The Morgan fingerprint density at radius 1 is 1.50 bits per heavy atom. The van der Waals surface area contributed by atoms with Crippen LogP contribution in [0.5, 0.6) is 5.75 Å². The molecule has 1 atom stereocenters. The molecule has 0 spiro atoms. The molecule has 2 nitrogen and oxygen atoms in total. The third-order valence-corrected chi connectivity index (χ3v) is 3.20. The molecule has 0 aromatic heterocycles. The first-order valence-electron chi connectivity index (χ1n) is 5.08. The molecule has 1 rings (SSSR count). The number of halogens is 1. The van der Waals surface area contributed by atoms with Crippen LogP contribution in [-0.2, 0) is 0 Å². The maximum atomic E-state index is 11.9. The zero-order valence-electron chi connectivity index (χ0n) is 9.62. The topological polar surface area (TPSA) is 26.3 Å². The predicted molar refractivity (Wildman–Crippen MR) is 72.1 cm³/mol. The molecule has 1 unspecified atom stereocenters. The summed E-state index contributed by atoms with van der Waals surface area (Å²) in [5.74, 6) is 0.836. The highest BCUT2D eigenvalue weighted by Gasteiger charge is 2.13. The van der Waals surface area contributed by atoms with Crippen molar-refractivity contribution in [1.82, 2.24) is 0 Å². The number of Topliss-reactive ketones (excluding diaryl/α,β-unsaturated/α-hetero) is 1. The molecule has 0 aliphatic heterocycles. The SMILES string of the molecule is CCOc1cc(SC)cc(C(=O)C(C)Br)c1. The molecule has 0 fully saturated rings. The van der Waals surface area contributed by atoms with Gasteiger partial charge in [-0.2, -0.15) is 0 Å². The molecule has 0 saturated carbocycles. The Balaban J connectivity index is 3.08. The summed E-state index contributed by atoms with van der Waals surface area (Å²) in [7, 11) is 0. The molecule has 4 heteroatoms. The minimum atomic E-state index is -0.168. The summed E-state index contributed by atoms with van der Waals surface area (Å²) >= 11 is 4.89. The van der Waals surface area contributed by atoms with E-state index >= 15 is 0 Å². The molecular weight excluding hydrogens is 288 g/mol. The number of rotatable bonds is 5. The van der Waals surface area contributed by atoms with E-state index in [4.69, 9.17) is 4.74 Å². The van der Waals surface area contributed by atoms with Crippen LogP contribution in [0.2, 0.25) is 0 Å². The Morgan fingerprint density at radius 2 is 2.19 bits per heavy atom. The molecule has 16 heavy (non-hydrogen) atoms. The molecular formula is C12H15BrO2S. The van der Waals surface area contributed by atoms with E-state index in [9.17, 15) is 4.79 Å². The third-order valence-electron chi connectivity index (χ3n) is 2.07. The lowest BCUT2D eigenvalue weighted by Crippen LogP contribution is -2.10. The number of carbonyl (C=O) groups excluding carboxylic acids is 1. The summed E-state index contributed by atoms with van der Waals surface area (Å²) in [6.07, 6.45) is 1.98. The second-order valence-electron chi connectivity index (χ2n) is 3.31. The van der Waals surface area contributed by atoms with Gasteiger partial charge in [-0.1, -0.05) is 15.9 Å². The average Bonchev–Trinajstić information content (AvgIpc) is 2.27. The Labute approximate surface area is 109 Å². The second-order valence-corrected chi connectivity index (χ2v) is 5.56. The maximum Gasteiger partial charge on any atom is 0.176 e. The Kier molecular flexibility index (Phi) is 5.35. The van der Waals surface area contributed by atoms with Gasteiger partial charge in [0.2, 0.25) is 0 Å². The van der Waals surface area contributed by atoms with Crippen molar-refractivity contribution in [2.45, 2.75) is 23.6 Å². The predicted octanol–water partition coefficient (Wildman–Crippen LogP) is 3.77. The highest BCUT2D eigenvalue weighted by Crippen LogP contribution is 2.25. The monoisotopic (exact) mass is 302 g/mol. The fourth-order valence-electron chi connectivity index (χ4n) is 1.31. The van der Waals surface area contributed by atoms with Crippen LogP contribution in [0.4, 0.5) is 0 Å². The molecule has 0 heterocycles. The van der Waals surface area contributed by atoms with Crippen LogP contribution in [0.15, 0.2) is 23.1 Å². The van der Waals surface area contributed by atoms with E-state index in [1.165, 1.54) is 0 Å². The molecule has 0 bridgehead atoms. The van der Waals surface area contributed by atoms with E-state index in [1.54, 1.807) is 17.8 Å². The van der Waals surface area contributed by atoms with E-state index in [0.717, 1.165) is 10.6 Å². The quantitative estimate of drug-likeness (QED) is 0.470. The molecule has 1 aromatic rings. The summed E-state index contributed by atoms with van der Waals surface area (Å²) < 4.78 is 5.44. The van der Waals surface area contributed by atoms with Gasteiger partial charge < -0.3 is 4.74 Å². The lowest BCUT2D eigenvalue weighted by atomic mass is 10.1. The number of carbonyl (C=O) groups is 1. The number of benzene rings is 1. The Morgan fingerprint density at radius 3 is 2.69 bits per heavy atom. The molecule has 1 aromatic carbocycles. The lowest BCUT2D eigenvalue weighted by Gasteiger charge is -2.09. The van der Waals surface area contributed by atoms with E-state index in [1.807, 2.05) is 32.2 Å². The van der Waals surface area contributed by atoms with E-state index in [2.05, 4.69) is 15.9 Å². The van der Waals surface area contributed by atoms with Crippen LogP contribution in [-0.4, -0.2) is 23.5 Å². The molecule has 88 valence electrons. The van der Waals surface area contributed by atoms with Gasteiger partial charge in [-0.15, -0.1) is 11.8 Å². The minimum Gasteiger partial charge on any atom is -0.494 e. The summed E-state index contributed by atoms with van der Waals surface area (Å²) in [4.78, 5) is 12.7. The molecule has 0 amide bonds. The maximum absolute atomic E-state index is 11.9. The van der Waals surface area contributed by atoms with Crippen molar-refractivity contribution < 1.29 is 9.53 Å². The van der Waals surface area contributed by atoms with Gasteiger partial charge in [-0.3, -0.25) is 4.79 Å². The van der Waals surface area contributed by atoms with Crippen LogP contribution >= 0.6 is 27.7 Å². The van der Waals surface area contributed by atoms with Gasteiger partial charge in [-0.05, 0) is 38.3 Å². The number of hydrogen-bond acceptors (Lipinski definition) is 3. The highest BCUT2D eigenvalue weighted by molar-refractivity contribution is 9.10. The van der Waals surface area contributed by atoms with E-state index in [-0.39, 0.29) is 10.6 Å². The third kappa shape index (κ3) is 3.52. The zero-order chi connectivity index (χ0) is 12.1. The fraction of sp³-hybridized carbons (Fsp3) is 0.417. The van der Waals surface area contributed by atoms with Crippen molar-refractivity contribution in [3.05, 3.63) is 23.8 Å². The molecule has 0 aliphatic carbocycles. The number of ether oxygens (including phenoxy) is 1.